The van der Waals surface area contributed by atoms with Gasteiger partial charge in [-0.2, -0.15) is 0 Å². The summed E-state index contributed by atoms with van der Waals surface area (Å²) in [5.41, 5.74) is 1.27. The van der Waals surface area contributed by atoms with Crippen molar-refractivity contribution in [1.29, 1.82) is 0 Å². The van der Waals surface area contributed by atoms with Crippen LogP contribution in [0, 0.1) is 40.4 Å². The zero-order valence-corrected chi connectivity index (χ0v) is 15.4. The van der Waals surface area contributed by atoms with Crippen LogP contribution in [0.4, 0.5) is 0 Å². The maximum Gasteiger partial charge on any atom is 0.0605 e. The summed E-state index contributed by atoms with van der Waals surface area (Å²) in [4.78, 5) is 0. The van der Waals surface area contributed by atoms with Crippen molar-refractivity contribution in [3.05, 3.63) is 11.6 Å². The minimum absolute atomic E-state index is 0.0756. The van der Waals surface area contributed by atoms with Crippen LogP contribution in [-0.4, -0.2) is 34.1 Å². The molecule has 0 amide bonds. The van der Waals surface area contributed by atoms with Crippen LogP contribution in [0.1, 0.15) is 59.3 Å². The normalized spacial score (nSPS) is 56.9. The van der Waals surface area contributed by atoms with Crippen LogP contribution < -0.4 is 0 Å². The molecule has 0 heterocycles. The maximum atomic E-state index is 10.6. The van der Waals surface area contributed by atoms with E-state index >= 15 is 0 Å². The summed E-state index contributed by atoms with van der Waals surface area (Å²) in [7, 11) is 0. The summed E-state index contributed by atoms with van der Waals surface area (Å²) in [6, 6.07) is 0. The van der Waals surface area contributed by atoms with Gasteiger partial charge in [-0.3, -0.25) is 0 Å². The number of allylic oxidation sites excluding steroid dienone is 1. The van der Waals surface area contributed by atoms with E-state index in [0.29, 0.717) is 23.7 Å². The zero-order valence-electron chi connectivity index (χ0n) is 15.4. The van der Waals surface area contributed by atoms with Gasteiger partial charge in [0.2, 0.25) is 0 Å². The van der Waals surface area contributed by atoms with Gasteiger partial charge in [0, 0.05) is 11.3 Å². The van der Waals surface area contributed by atoms with Crippen molar-refractivity contribution in [3.63, 3.8) is 0 Å². The van der Waals surface area contributed by atoms with Crippen LogP contribution in [0.5, 0.6) is 0 Å². The molecular weight excluding hydrogens is 300 g/mol. The molecule has 4 aliphatic carbocycles. The van der Waals surface area contributed by atoms with E-state index in [4.69, 9.17) is 0 Å². The summed E-state index contributed by atoms with van der Waals surface area (Å²) in [5.74, 6) is 2.17. The molecule has 0 aromatic heterocycles. The molecule has 3 N–H and O–H groups in total. The Hall–Kier alpha value is -0.380. The van der Waals surface area contributed by atoms with Crippen LogP contribution in [0.25, 0.3) is 0 Å². The molecule has 136 valence electrons. The quantitative estimate of drug-likeness (QED) is 0.646. The lowest BCUT2D eigenvalue weighted by atomic mass is 9.44. The SMILES string of the molecule is CC1C2=CC[C@@H]3[C@@H](CC[C@]4(C)C(O)CC[C@@H]34)[C@@]2(CO)C(C)CC1O. The first-order valence-electron chi connectivity index (χ1n) is 10.0. The van der Waals surface area contributed by atoms with E-state index in [1.54, 1.807) is 0 Å². The Morgan fingerprint density at radius 1 is 1.12 bits per heavy atom. The highest BCUT2D eigenvalue weighted by Gasteiger charge is 2.62. The van der Waals surface area contributed by atoms with E-state index in [9.17, 15) is 15.3 Å². The topological polar surface area (TPSA) is 60.7 Å². The van der Waals surface area contributed by atoms with Crippen LogP contribution in [0.15, 0.2) is 11.6 Å². The minimum atomic E-state index is -0.273. The molecule has 0 bridgehead atoms. The van der Waals surface area contributed by atoms with Gasteiger partial charge in [-0.1, -0.05) is 32.4 Å². The van der Waals surface area contributed by atoms with Crippen molar-refractivity contribution in [2.45, 2.75) is 71.5 Å². The van der Waals surface area contributed by atoms with Gasteiger partial charge >= 0.3 is 0 Å². The molecule has 0 spiro atoms. The largest absolute Gasteiger partial charge is 0.395 e. The molecule has 0 aliphatic heterocycles. The smallest absolute Gasteiger partial charge is 0.0605 e. The van der Waals surface area contributed by atoms with Gasteiger partial charge in [0.15, 0.2) is 0 Å². The Balaban J connectivity index is 1.77. The number of hydrogen-bond acceptors (Lipinski definition) is 3. The number of aliphatic hydroxyl groups is 3. The molecule has 9 atom stereocenters. The lowest BCUT2D eigenvalue weighted by molar-refractivity contribution is -0.115. The molecule has 3 saturated carbocycles. The van der Waals surface area contributed by atoms with Crippen molar-refractivity contribution in [3.8, 4) is 0 Å². The van der Waals surface area contributed by atoms with Crippen LogP contribution in [0.2, 0.25) is 0 Å². The first-order valence-corrected chi connectivity index (χ1v) is 10.0. The van der Waals surface area contributed by atoms with Crippen molar-refractivity contribution < 1.29 is 15.3 Å². The number of aliphatic hydroxyl groups excluding tert-OH is 3. The van der Waals surface area contributed by atoms with Gasteiger partial charge in [0.05, 0.1) is 18.8 Å². The van der Waals surface area contributed by atoms with E-state index in [1.807, 2.05) is 0 Å². The van der Waals surface area contributed by atoms with Crippen LogP contribution >= 0.6 is 0 Å². The number of hydrogen-bond donors (Lipinski definition) is 3. The monoisotopic (exact) mass is 334 g/mol. The number of rotatable bonds is 1. The lowest BCUT2D eigenvalue weighted by Gasteiger charge is -2.61. The zero-order chi connectivity index (χ0) is 17.3. The fourth-order valence-electron chi connectivity index (χ4n) is 7.50. The summed E-state index contributed by atoms with van der Waals surface area (Å²) in [5, 5.41) is 31.6. The summed E-state index contributed by atoms with van der Waals surface area (Å²) in [6.07, 6.45) is 8.09. The average Bonchev–Trinajstić information content (AvgIpc) is 2.87. The van der Waals surface area contributed by atoms with E-state index < -0.39 is 0 Å². The van der Waals surface area contributed by atoms with E-state index in [-0.39, 0.29) is 35.6 Å². The highest BCUT2D eigenvalue weighted by molar-refractivity contribution is 5.30. The Labute approximate surface area is 146 Å². The molecule has 0 aromatic rings. The molecule has 3 nitrogen and oxygen atoms in total. The van der Waals surface area contributed by atoms with Gasteiger partial charge < -0.3 is 15.3 Å². The van der Waals surface area contributed by atoms with E-state index in [0.717, 1.165) is 38.5 Å². The van der Waals surface area contributed by atoms with Gasteiger partial charge in [-0.15, -0.1) is 0 Å². The fraction of sp³-hybridized carbons (Fsp3) is 0.905. The third kappa shape index (κ3) is 1.95. The van der Waals surface area contributed by atoms with Crippen molar-refractivity contribution in [2.24, 2.45) is 40.4 Å². The minimum Gasteiger partial charge on any atom is -0.395 e. The second-order valence-electron chi connectivity index (χ2n) is 9.60. The summed E-state index contributed by atoms with van der Waals surface area (Å²) in [6.45, 7) is 6.88. The van der Waals surface area contributed by atoms with Crippen molar-refractivity contribution in [1.82, 2.24) is 0 Å². The Morgan fingerprint density at radius 3 is 2.58 bits per heavy atom. The van der Waals surface area contributed by atoms with E-state index in [1.165, 1.54) is 5.57 Å². The van der Waals surface area contributed by atoms with Gasteiger partial charge in [0.1, 0.15) is 0 Å². The molecule has 24 heavy (non-hydrogen) atoms. The third-order valence-electron chi connectivity index (χ3n) is 9.00. The molecule has 0 radical (unpaired) electrons. The molecule has 0 saturated heterocycles. The van der Waals surface area contributed by atoms with Crippen LogP contribution in [-0.2, 0) is 0 Å². The Kier molecular flexibility index (Phi) is 3.95. The Morgan fingerprint density at radius 2 is 1.88 bits per heavy atom. The highest BCUT2D eigenvalue weighted by atomic mass is 16.3. The summed E-state index contributed by atoms with van der Waals surface area (Å²) >= 11 is 0. The molecule has 3 fully saturated rings. The first kappa shape index (κ1) is 17.1. The van der Waals surface area contributed by atoms with Gasteiger partial charge in [-0.25, -0.2) is 0 Å². The maximum absolute atomic E-state index is 10.6. The van der Waals surface area contributed by atoms with Gasteiger partial charge in [0.25, 0.3) is 0 Å². The molecule has 0 aromatic carbocycles. The van der Waals surface area contributed by atoms with Crippen LogP contribution in [0.3, 0.4) is 0 Å². The Bertz CT molecular complexity index is 543. The van der Waals surface area contributed by atoms with Crippen molar-refractivity contribution >= 4 is 0 Å². The molecule has 4 aliphatic rings. The molecule has 4 rings (SSSR count). The average molecular weight is 335 g/mol. The lowest BCUT2D eigenvalue weighted by Crippen LogP contribution is -2.58. The molecule has 3 heteroatoms. The number of fused-ring (bicyclic) bond motifs is 5. The second-order valence-corrected chi connectivity index (χ2v) is 9.60. The van der Waals surface area contributed by atoms with Gasteiger partial charge in [-0.05, 0) is 67.6 Å². The van der Waals surface area contributed by atoms with Crippen molar-refractivity contribution in [2.75, 3.05) is 6.61 Å². The third-order valence-corrected chi connectivity index (χ3v) is 9.00. The predicted molar refractivity (Wildman–Crippen MR) is 94.2 cm³/mol. The first-order chi connectivity index (χ1) is 11.4. The fourth-order valence-corrected chi connectivity index (χ4v) is 7.50. The molecular formula is C21H34O3. The second kappa shape index (κ2) is 5.56. The van der Waals surface area contributed by atoms with E-state index in [2.05, 4.69) is 26.8 Å². The predicted octanol–water partition coefficient (Wildman–Crippen LogP) is 3.14. The molecule has 4 unspecified atom stereocenters. The standard InChI is InChI=1S/C21H34O3/c1-12-10-18(23)13(2)15-5-4-14-16-6-7-19(24)20(16,3)9-8-17(14)21(12,15)11-22/h5,12-14,16-19,22-24H,4,6-11H2,1-3H3/t12?,13?,14-,16-,17+,18?,19?,20-,21-/m0/s1. The highest BCUT2D eigenvalue weighted by Crippen LogP contribution is 2.66. The summed E-state index contributed by atoms with van der Waals surface area (Å²) < 4.78 is 0.